The van der Waals surface area contributed by atoms with Gasteiger partial charge in [-0.1, -0.05) is 42.5 Å². The fourth-order valence-corrected chi connectivity index (χ4v) is 2.87. The molecular weight excluding hydrogens is 343 g/mol. The Labute approximate surface area is 156 Å². The van der Waals surface area contributed by atoms with Crippen molar-refractivity contribution in [3.63, 3.8) is 0 Å². The van der Waals surface area contributed by atoms with Gasteiger partial charge in [0.25, 0.3) is 0 Å². The quantitative estimate of drug-likeness (QED) is 0.722. The summed E-state index contributed by atoms with van der Waals surface area (Å²) in [6.07, 6.45) is 0.494. The number of hydrogen-bond acceptors (Lipinski definition) is 3. The third-order valence-electron chi connectivity index (χ3n) is 4.22. The lowest BCUT2D eigenvalue weighted by Crippen LogP contribution is -2.17. The van der Waals surface area contributed by atoms with Crippen LogP contribution >= 0.6 is 0 Å². The summed E-state index contributed by atoms with van der Waals surface area (Å²) >= 11 is 0. The largest absolute Gasteiger partial charge is 0.410 e. The van der Waals surface area contributed by atoms with Crippen molar-refractivity contribution in [3.05, 3.63) is 89.2 Å². The third kappa shape index (κ3) is 4.50. The van der Waals surface area contributed by atoms with Gasteiger partial charge in [-0.25, -0.2) is 9.18 Å². The smallest absolute Gasteiger partial charge is 0.409 e. The number of hydrogen-bond donors (Lipinski definition) is 1. The van der Waals surface area contributed by atoms with E-state index in [1.807, 2.05) is 42.5 Å². The molecule has 3 rings (SSSR count). The molecule has 4 nitrogen and oxygen atoms in total. The number of primary amides is 1. The maximum atomic E-state index is 13.9. The van der Waals surface area contributed by atoms with Crippen LogP contribution in [0.15, 0.2) is 66.7 Å². The molecule has 0 aliphatic carbocycles. The molecule has 0 fully saturated rings. The summed E-state index contributed by atoms with van der Waals surface area (Å²) in [5, 5.41) is 8.87. The summed E-state index contributed by atoms with van der Waals surface area (Å²) in [4.78, 5) is 11.2. The Hall–Kier alpha value is -3.65. The molecule has 0 aliphatic heterocycles. The second-order valence-corrected chi connectivity index (χ2v) is 6.04. The molecule has 0 spiro atoms. The molecule has 0 aromatic heterocycles. The van der Waals surface area contributed by atoms with Crippen LogP contribution in [0.4, 0.5) is 9.18 Å². The van der Waals surface area contributed by atoms with Crippen LogP contribution in [0.5, 0.6) is 5.75 Å². The van der Waals surface area contributed by atoms with Gasteiger partial charge < -0.3 is 10.5 Å². The van der Waals surface area contributed by atoms with Crippen LogP contribution < -0.4 is 10.5 Å². The van der Waals surface area contributed by atoms with Crippen LogP contribution in [-0.2, 0) is 12.8 Å². The number of rotatable bonds is 5. The number of benzene rings is 3. The van der Waals surface area contributed by atoms with Gasteiger partial charge in [-0.2, -0.15) is 5.26 Å². The molecule has 0 unspecified atom stereocenters. The highest BCUT2D eigenvalue weighted by atomic mass is 19.1. The average Bonchev–Trinajstić information content (AvgIpc) is 2.67. The topological polar surface area (TPSA) is 76.1 Å². The molecular formula is C22H17FN2O2. The van der Waals surface area contributed by atoms with Crippen molar-refractivity contribution in [2.24, 2.45) is 5.73 Å². The van der Waals surface area contributed by atoms with E-state index >= 15 is 0 Å². The normalized spacial score (nSPS) is 10.2. The van der Waals surface area contributed by atoms with Gasteiger partial charge in [0.15, 0.2) is 0 Å². The first-order valence-electron chi connectivity index (χ1n) is 8.41. The Kier molecular flexibility index (Phi) is 5.48. The van der Waals surface area contributed by atoms with E-state index in [0.29, 0.717) is 17.7 Å². The van der Waals surface area contributed by atoms with Crippen LogP contribution in [-0.4, -0.2) is 6.09 Å². The standard InChI is InChI=1S/C22H17FN2O2/c23-20-13-17(8-9-19(20)14-24)16-10-11-21(27-22(25)26)18(12-16)7-6-15-4-2-1-3-5-15/h1-5,8-13H,6-7H2,(H2,25,26). The predicted molar refractivity (Wildman–Crippen MR) is 101 cm³/mol. The number of carbonyl (C=O) groups is 1. The molecule has 2 N–H and O–H groups in total. The Balaban J connectivity index is 1.93. The van der Waals surface area contributed by atoms with Crippen LogP contribution in [0.1, 0.15) is 16.7 Å². The van der Waals surface area contributed by atoms with Gasteiger partial charge in [-0.05, 0) is 59.4 Å². The van der Waals surface area contributed by atoms with Crippen molar-refractivity contribution in [1.29, 1.82) is 5.26 Å². The first-order chi connectivity index (χ1) is 13.1. The first kappa shape index (κ1) is 18.2. The highest BCUT2D eigenvalue weighted by Gasteiger charge is 2.11. The minimum Gasteiger partial charge on any atom is -0.410 e. The molecule has 0 atom stereocenters. The van der Waals surface area contributed by atoms with E-state index in [-0.39, 0.29) is 5.56 Å². The van der Waals surface area contributed by atoms with Gasteiger partial charge in [0.2, 0.25) is 0 Å². The van der Waals surface area contributed by atoms with Gasteiger partial charge in [-0.15, -0.1) is 0 Å². The van der Waals surface area contributed by atoms with Crippen molar-refractivity contribution >= 4 is 6.09 Å². The minimum atomic E-state index is -0.881. The fraction of sp³-hybridized carbons (Fsp3) is 0.0909. The molecule has 5 heteroatoms. The number of carbonyl (C=O) groups excluding carboxylic acids is 1. The molecule has 0 aliphatic rings. The molecule has 0 radical (unpaired) electrons. The zero-order valence-electron chi connectivity index (χ0n) is 14.5. The van der Waals surface area contributed by atoms with Crippen LogP contribution in [0.25, 0.3) is 11.1 Å². The lowest BCUT2D eigenvalue weighted by molar-refractivity contribution is 0.210. The molecule has 0 bridgehead atoms. The van der Waals surface area contributed by atoms with Crippen LogP contribution in [0.2, 0.25) is 0 Å². The van der Waals surface area contributed by atoms with Gasteiger partial charge in [0.05, 0.1) is 5.56 Å². The average molecular weight is 360 g/mol. The van der Waals surface area contributed by atoms with E-state index < -0.39 is 11.9 Å². The van der Waals surface area contributed by atoms with E-state index in [2.05, 4.69) is 0 Å². The highest BCUT2D eigenvalue weighted by Crippen LogP contribution is 2.29. The molecule has 27 heavy (non-hydrogen) atoms. The van der Waals surface area contributed by atoms with Gasteiger partial charge in [-0.3, -0.25) is 0 Å². The van der Waals surface area contributed by atoms with E-state index in [1.165, 1.54) is 12.1 Å². The Morgan fingerprint density at radius 3 is 2.37 bits per heavy atom. The third-order valence-corrected chi connectivity index (χ3v) is 4.22. The number of nitriles is 1. The zero-order valence-corrected chi connectivity index (χ0v) is 14.5. The van der Waals surface area contributed by atoms with E-state index in [4.69, 9.17) is 15.7 Å². The number of nitrogens with two attached hydrogens (primary N) is 1. The van der Waals surface area contributed by atoms with Gasteiger partial charge in [0, 0.05) is 0 Å². The molecule has 3 aromatic rings. The predicted octanol–water partition coefficient (Wildman–Crippen LogP) is 4.61. The molecule has 3 aromatic carbocycles. The summed E-state index contributed by atoms with van der Waals surface area (Å²) < 4.78 is 19.1. The highest BCUT2D eigenvalue weighted by molar-refractivity contribution is 5.71. The van der Waals surface area contributed by atoms with Gasteiger partial charge in [0.1, 0.15) is 17.6 Å². The maximum absolute atomic E-state index is 13.9. The molecule has 1 amide bonds. The monoisotopic (exact) mass is 360 g/mol. The van der Waals surface area contributed by atoms with E-state index in [1.54, 1.807) is 18.2 Å². The van der Waals surface area contributed by atoms with Crippen molar-refractivity contribution in [2.75, 3.05) is 0 Å². The van der Waals surface area contributed by atoms with Crippen LogP contribution in [0, 0.1) is 17.1 Å². The second kappa shape index (κ2) is 8.15. The number of ether oxygens (including phenoxy) is 1. The van der Waals surface area contributed by atoms with Crippen molar-refractivity contribution in [3.8, 4) is 22.9 Å². The number of halogens is 1. The molecule has 0 heterocycles. The van der Waals surface area contributed by atoms with E-state index in [0.717, 1.165) is 23.1 Å². The summed E-state index contributed by atoms with van der Waals surface area (Å²) in [6.45, 7) is 0. The zero-order chi connectivity index (χ0) is 19.2. The first-order valence-corrected chi connectivity index (χ1v) is 8.41. The fourth-order valence-electron chi connectivity index (χ4n) is 2.87. The molecule has 0 saturated carbocycles. The summed E-state index contributed by atoms with van der Waals surface area (Å²) in [7, 11) is 0. The van der Waals surface area contributed by atoms with Crippen molar-refractivity contribution in [1.82, 2.24) is 0 Å². The Morgan fingerprint density at radius 2 is 1.70 bits per heavy atom. The lowest BCUT2D eigenvalue weighted by Gasteiger charge is -2.12. The number of aryl methyl sites for hydroxylation is 2. The Morgan fingerprint density at radius 1 is 1.00 bits per heavy atom. The summed E-state index contributed by atoms with van der Waals surface area (Å²) in [5.74, 6) is -0.186. The summed E-state index contributed by atoms with van der Waals surface area (Å²) in [5.41, 5.74) is 8.50. The number of amides is 1. The van der Waals surface area contributed by atoms with Gasteiger partial charge >= 0.3 is 6.09 Å². The van der Waals surface area contributed by atoms with Crippen LogP contribution in [0.3, 0.4) is 0 Å². The Bertz CT molecular complexity index is 1010. The minimum absolute atomic E-state index is 0.00303. The SMILES string of the molecule is N#Cc1ccc(-c2ccc(OC(N)=O)c(CCc3ccccc3)c2)cc1F. The van der Waals surface area contributed by atoms with Crippen molar-refractivity contribution in [2.45, 2.75) is 12.8 Å². The second-order valence-electron chi connectivity index (χ2n) is 6.04. The van der Waals surface area contributed by atoms with E-state index in [9.17, 15) is 9.18 Å². The molecule has 0 saturated heterocycles. The maximum Gasteiger partial charge on any atom is 0.409 e. The molecule has 134 valence electrons. The lowest BCUT2D eigenvalue weighted by atomic mass is 9.97. The number of nitrogens with zero attached hydrogens (tertiary/aromatic N) is 1. The summed E-state index contributed by atoms with van der Waals surface area (Å²) in [6, 6.07) is 21.4. The van der Waals surface area contributed by atoms with Crippen molar-refractivity contribution < 1.29 is 13.9 Å².